The minimum Gasteiger partial charge on any atom is -0.324 e. The van der Waals surface area contributed by atoms with Crippen LogP contribution >= 0.6 is 11.3 Å². The van der Waals surface area contributed by atoms with Crippen LogP contribution in [0.1, 0.15) is 17.0 Å². The first-order valence-electron chi connectivity index (χ1n) is 10.0. The van der Waals surface area contributed by atoms with E-state index in [0.717, 1.165) is 27.9 Å². The predicted octanol–water partition coefficient (Wildman–Crippen LogP) is 4.34. The number of rotatable bonds is 6. The summed E-state index contributed by atoms with van der Waals surface area (Å²) < 4.78 is 0. The van der Waals surface area contributed by atoms with Gasteiger partial charge in [0, 0.05) is 16.6 Å². The number of thiophene rings is 1. The minimum atomic E-state index is -0.159. The zero-order valence-electron chi connectivity index (χ0n) is 17.7. The summed E-state index contributed by atoms with van der Waals surface area (Å²) in [6, 6.07) is 15.7. The van der Waals surface area contributed by atoms with Gasteiger partial charge in [-0.3, -0.25) is 14.5 Å². The highest BCUT2D eigenvalue weighted by atomic mass is 32.1. The number of hydrogen-bond donors (Lipinski definition) is 2. The highest BCUT2D eigenvalue weighted by molar-refractivity contribution is 7.17. The Bertz CT molecular complexity index is 1270. The molecule has 0 bridgehead atoms. The second-order valence-corrected chi connectivity index (χ2v) is 8.55. The zero-order chi connectivity index (χ0) is 22.0. The maximum atomic E-state index is 12.8. The number of aromatic amines is 1. The third-order valence-corrected chi connectivity index (χ3v) is 6.03. The van der Waals surface area contributed by atoms with Gasteiger partial charge in [-0.1, -0.05) is 48.5 Å². The van der Waals surface area contributed by atoms with Crippen LogP contribution < -0.4 is 10.9 Å². The van der Waals surface area contributed by atoms with Crippen molar-refractivity contribution in [1.29, 1.82) is 0 Å². The molecule has 158 valence electrons. The van der Waals surface area contributed by atoms with Gasteiger partial charge in [0.1, 0.15) is 10.7 Å². The second kappa shape index (κ2) is 8.83. The van der Waals surface area contributed by atoms with E-state index >= 15 is 0 Å². The van der Waals surface area contributed by atoms with E-state index in [0.29, 0.717) is 22.6 Å². The number of carbonyl (C=O) groups excluding carboxylic acids is 1. The van der Waals surface area contributed by atoms with Gasteiger partial charge in [0.2, 0.25) is 5.91 Å². The van der Waals surface area contributed by atoms with E-state index in [-0.39, 0.29) is 18.0 Å². The van der Waals surface area contributed by atoms with Crippen molar-refractivity contribution in [3.05, 3.63) is 81.2 Å². The predicted molar refractivity (Wildman–Crippen MR) is 127 cm³/mol. The fraction of sp³-hybridized carbons (Fsp3) is 0.208. The average molecular weight is 433 g/mol. The fourth-order valence-corrected chi connectivity index (χ4v) is 4.61. The number of likely N-dealkylation sites (N-methyl/N-ethyl adjacent to an activating group) is 1. The molecule has 2 aromatic carbocycles. The van der Waals surface area contributed by atoms with Crippen LogP contribution in [0.5, 0.6) is 0 Å². The number of aromatic nitrogens is 2. The van der Waals surface area contributed by atoms with Crippen LogP contribution in [-0.2, 0) is 11.3 Å². The highest BCUT2D eigenvalue weighted by Crippen LogP contribution is 2.30. The molecule has 0 aliphatic rings. The van der Waals surface area contributed by atoms with E-state index < -0.39 is 0 Å². The summed E-state index contributed by atoms with van der Waals surface area (Å²) in [5.41, 5.74) is 4.63. The Hall–Kier alpha value is -3.29. The van der Waals surface area contributed by atoms with Crippen molar-refractivity contribution >= 4 is 33.1 Å². The van der Waals surface area contributed by atoms with Crippen molar-refractivity contribution in [1.82, 2.24) is 14.9 Å². The normalized spacial score (nSPS) is 11.2. The van der Waals surface area contributed by atoms with Gasteiger partial charge in [0.05, 0.1) is 18.5 Å². The number of benzene rings is 2. The van der Waals surface area contributed by atoms with Gasteiger partial charge in [-0.25, -0.2) is 4.98 Å². The van der Waals surface area contributed by atoms with E-state index in [4.69, 9.17) is 0 Å². The molecular weight excluding hydrogens is 408 g/mol. The molecule has 0 saturated carbocycles. The molecule has 0 atom stereocenters. The van der Waals surface area contributed by atoms with E-state index in [9.17, 15) is 9.59 Å². The molecule has 0 radical (unpaired) electrons. The molecule has 0 aliphatic heterocycles. The quantitative estimate of drug-likeness (QED) is 0.475. The molecule has 0 aliphatic carbocycles. The molecule has 0 unspecified atom stereocenters. The Morgan fingerprint density at radius 3 is 2.52 bits per heavy atom. The Balaban J connectivity index is 1.48. The van der Waals surface area contributed by atoms with Gasteiger partial charge in [0.25, 0.3) is 5.56 Å². The minimum absolute atomic E-state index is 0.106. The van der Waals surface area contributed by atoms with Gasteiger partial charge in [-0.15, -0.1) is 11.3 Å². The van der Waals surface area contributed by atoms with Crippen molar-refractivity contribution in [2.45, 2.75) is 20.4 Å². The summed E-state index contributed by atoms with van der Waals surface area (Å²) in [6.45, 7) is 4.50. The largest absolute Gasteiger partial charge is 0.324 e. The molecular formula is C24H24N4O2S. The number of amides is 1. The van der Waals surface area contributed by atoms with Gasteiger partial charge in [-0.2, -0.15) is 0 Å². The van der Waals surface area contributed by atoms with E-state index in [1.165, 1.54) is 11.3 Å². The Morgan fingerprint density at radius 1 is 1.10 bits per heavy atom. The van der Waals surface area contributed by atoms with Crippen molar-refractivity contribution < 1.29 is 4.79 Å². The fourth-order valence-electron chi connectivity index (χ4n) is 3.65. The number of anilines is 1. The monoisotopic (exact) mass is 432 g/mol. The third kappa shape index (κ3) is 4.57. The maximum Gasteiger partial charge on any atom is 0.260 e. The lowest BCUT2D eigenvalue weighted by Gasteiger charge is -2.17. The standard InChI is InChI=1S/C24H24N4O2S/c1-15-8-7-9-16(2)22(15)27-20(29)13-28(3)12-19-25-23(30)21-18(14-31-24(21)26-19)17-10-5-4-6-11-17/h4-11,14H,12-13H2,1-3H3,(H,27,29)(H,25,26,30). The van der Waals surface area contributed by atoms with Crippen molar-refractivity contribution in [2.75, 3.05) is 18.9 Å². The maximum absolute atomic E-state index is 12.8. The number of carbonyl (C=O) groups is 1. The zero-order valence-corrected chi connectivity index (χ0v) is 18.5. The van der Waals surface area contributed by atoms with Crippen LogP contribution in [0.2, 0.25) is 0 Å². The van der Waals surface area contributed by atoms with E-state index in [1.807, 2.05) is 79.7 Å². The first kappa shape index (κ1) is 21.0. The van der Waals surface area contributed by atoms with E-state index in [1.54, 1.807) is 0 Å². The number of H-pyrrole nitrogens is 1. The SMILES string of the molecule is Cc1cccc(C)c1NC(=O)CN(C)Cc1nc2scc(-c3ccccc3)c2c(=O)[nH]1. The summed E-state index contributed by atoms with van der Waals surface area (Å²) in [5, 5.41) is 5.56. The summed E-state index contributed by atoms with van der Waals surface area (Å²) >= 11 is 1.45. The lowest BCUT2D eigenvalue weighted by Crippen LogP contribution is -2.31. The Kier molecular flexibility index (Phi) is 5.97. The van der Waals surface area contributed by atoms with Gasteiger partial charge in [-0.05, 0) is 37.6 Å². The number of nitrogens with zero attached hydrogens (tertiary/aromatic N) is 2. The van der Waals surface area contributed by atoms with Crippen LogP contribution in [-0.4, -0.2) is 34.4 Å². The van der Waals surface area contributed by atoms with Gasteiger partial charge >= 0.3 is 0 Å². The molecule has 0 spiro atoms. The van der Waals surface area contributed by atoms with Gasteiger partial charge < -0.3 is 10.3 Å². The van der Waals surface area contributed by atoms with Crippen LogP contribution in [0.4, 0.5) is 5.69 Å². The average Bonchev–Trinajstić information content (AvgIpc) is 3.16. The number of hydrogen-bond acceptors (Lipinski definition) is 5. The van der Waals surface area contributed by atoms with Crippen LogP contribution in [0.25, 0.3) is 21.3 Å². The molecule has 0 saturated heterocycles. The molecule has 0 fully saturated rings. The third-order valence-electron chi connectivity index (χ3n) is 5.16. The summed E-state index contributed by atoms with van der Waals surface area (Å²) in [6.07, 6.45) is 0. The van der Waals surface area contributed by atoms with E-state index in [2.05, 4.69) is 15.3 Å². The van der Waals surface area contributed by atoms with Crippen molar-refractivity contribution in [3.8, 4) is 11.1 Å². The molecule has 4 rings (SSSR count). The lowest BCUT2D eigenvalue weighted by atomic mass is 10.1. The molecule has 2 aromatic heterocycles. The molecule has 7 heteroatoms. The number of nitrogens with one attached hydrogen (secondary N) is 2. The van der Waals surface area contributed by atoms with Crippen molar-refractivity contribution in [3.63, 3.8) is 0 Å². The van der Waals surface area contributed by atoms with Crippen LogP contribution in [0.15, 0.2) is 58.7 Å². The number of para-hydroxylation sites is 1. The first-order valence-corrected chi connectivity index (χ1v) is 10.9. The van der Waals surface area contributed by atoms with Crippen LogP contribution in [0, 0.1) is 13.8 Å². The highest BCUT2D eigenvalue weighted by Gasteiger charge is 2.15. The molecule has 2 heterocycles. The van der Waals surface area contributed by atoms with Gasteiger partial charge in [0.15, 0.2) is 0 Å². The Morgan fingerprint density at radius 2 is 1.81 bits per heavy atom. The second-order valence-electron chi connectivity index (χ2n) is 7.70. The molecule has 2 N–H and O–H groups in total. The topological polar surface area (TPSA) is 78.1 Å². The summed E-state index contributed by atoms with van der Waals surface area (Å²) in [5.74, 6) is 0.437. The molecule has 4 aromatic rings. The molecule has 31 heavy (non-hydrogen) atoms. The smallest absolute Gasteiger partial charge is 0.260 e. The number of fused-ring (bicyclic) bond motifs is 1. The first-order chi connectivity index (χ1) is 14.9. The Labute approximate surface area is 184 Å². The lowest BCUT2D eigenvalue weighted by molar-refractivity contribution is -0.117. The molecule has 1 amide bonds. The summed E-state index contributed by atoms with van der Waals surface area (Å²) in [4.78, 5) is 35.4. The molecule has 6 nitrogen and oxygen atoms in total. The van der Waals surface area contributed by atoms with Crippen LogP contribution in [0.3, 0.4) is 0 Å². The number of aryl methyl sites for hydroxylation is 2. The van der Waals surface area contributed by atoms with Crippen molar-refractivity contribution in [2.24, 2.45) is 0 Å². The summed E-state index contributed by atoms with van der Waals surface area (Å²) in [7, 11) is 1.83.